The third-order valence-electron chi connectivity index (χ3n) is 14.4. The normalized spacial score (nSPS) is 12.6. The molecule has 0 saturated heterocycles. The van der Waals surface area contributed by atoms with E-state index in [0.717, 1.165) is 103 Å². The molecule has 0 aliphatic heterocycles. The van der Waals surface area contributed by atoms with Gasteiger partial charge in [-0.15, -0.1) is 0 Å². The maximum Gasteiger partial charge on any atom is 0.306 e. The van der Waals surface area contributed by atoms with Gasteiger partial charge < -0.3 is 14.2 Å². The van der Waals surface area contributed by atoms with E-state index < -0.39 is 6.10 Å². The largest absolute Gasteiger partial charge is 0.462 e. The van der Waals surface area contributed by atoms with E-state index >= 15 is 0 Å². The summed E-state index contributed by atoms with van der Waals surface area (Å²) >= 11 is 0. The smallest absolute Gasteiger partial charge is 0.306 e. The van der Waals surface area contributed by atoms with Crippen LogP contribution in [0.5, 0.6) is 0 Å². The summed E-state index contributed by atoms with van der Waals surface area (Å²) in [5, 5.41) is 0. The molecule has 77 heavy (non-hydrogen) atoms. The van der Waals surface area contributed by atoms with Crippen molar-refractivity contribution in [1.82, 2.24) is 0 Å². The van der Waals surface area contributed by atoms with Gasteiger partial charge in [-0.2, -0.15) is 0 Å². The molecule has 0 saturated carbocycles. The molecule has 0 aromatic carbocycles. The Bertz CT molecular complexity index is 1470. The van der Waals surface area contributed by atoms with Crippen molar-refractivity contribution >= 4 is 17.9 Å². The summed E-state index contributed by atoms with van der Waals surface area (Å²) in [6, 6.07) is 0. The van der Waals surface area contributed by atoms with Gasteiger partial charge in [0.15, 0.2) is 6.10 Å². The van der Waals surface area contributed by atoms with Gasteiger partial charge in [-0.1, -0.05) is 279 Å². The van der Waals surface area contributed by atoms with Crippen molar-refractivity contribution in [2.45, 2.75) is 335 Å². The van der Waals surface area contributed by atoms with Crippen molar-refractivity contribution in [3.05, 3.63) is 85.1 Å². The van der Waals surface area contributed by atoms with Crippen LogP contribution in [-0.4, -0.2) is 37.2 Å². The zero-order valence-corrected chi connectivity index (χ0v) is 51.0. The Kier molecular flexibility index (Phi) is 62.2. The summed E-state index contributed by atoms with van der Waals surface area (Å²) in [6.07, 6.45) is 85.9. The summed E-state index contributed by atoms with van der Waals surface area (Å²) in [5.41, 5.74) is 0. The minimum Gasteiger partial charge on any atom is -0.462 e. The van der Waals surface area contributed by atoms with E-state index in [4.69, 9.17) is 14.2 Å². The highest BCUT2D eigenvalue weighted by Gasteiger charge is 2.19. The van der Waals surface area contributed by atoms with Crippen LogP contribution >= 0.6 is 0 Å². The highest BCUT2D eigenvalue weighted by atomic mass is 16.6. The topological polar surface area (TPSA) is 78.9 Å². The first-order chi connectivity index (χ1) is 38.0. The second kappa shape index (κ2) is 65.1. The van der Waals surface area contributed by atoms with Crippen LogP contribution in [0.3, 0.4) is 0 Å². The predicted octanol–water partition coefficient (Wildman–Crippen LogP) is 22.7. The van der Waals surface area contributed by atoms with E-state index in [1.165, 1.54) is 186 Å². The van der Waals surface area contributed by atoms with Gasteiger partial charge in [0.25, 0.3) is 0 Å². The van der Waals surface area contributed by atoms with Gasteiger partial charge in [0, 0.05) is 19.3 Å². The maximum absolute atomic E-state index is 12.9. The Balaban J connectivity index is 4.36. The third kappa shape index (κ3) is 63.3. The van der Waals surface area contributed by atoms with Crippen LogP contribution in [0.1, 0.15) is 329 Å². The van der Waals surface area contributed by atoms with Crippen LogP contribution in [0.25, 0.3) is 0 Å². The SMILES string of the molecule is CC/C=C\C/C=C\C/C=C\C/C=C\CCCCCCCCCCC(=O)OC(COC(=O)CCCCCCC/C=C\CCCCCCCC)COC(=O)CCCCCCCCCCCCC/C=C\C/C=C\CCCCCCC. The molecule has 6 nitrogen and oxygen atoms in total. The Morgan fingerprint density at radius 3 is 0.805 bits per heavy atom. The van der Waals surface area contributed by atoms with Crippen molar-refractivity contribution < 1.29 is 28.6 Å². The molecule has 0 amide bonds. The van der Waals surface area contributed by atoms with Gasteiger partial charge in [-0.3, -0.25) is 14.4 Å². The van der Waals surface area contributed by atoms with Crippen LogP contribution in [-0.2, 0) is 28.6 Å². The fourth-order valence-electron chi connectivity index (χ4n) is 9.40. The first kappa shape index (κ1) is 73.6. The van der Waals surface area contributed by atoms with Crippen molar-refractivity contribution in [2.75, 3.05) is 13.2 Å². The summed E-state index contributed by atoms with van der Waals surface area (Å²) in [5.74, 6) is -0.887. The van der Waals surface area contributed by atoms with Gasteiger partial charge in [-0.05, 0) is 116 Å². The molecule has 1 atom stereocenters. The Hall–Kier alpha value is -3.41. The Morgan fingerprint density at radius 1 is 0.273 bits per heavy atom. The highest BCUT2D eigenvalue weighted by Crippen LogP contribution is 2.16. The van der Waals surface area contributed by atoms with Gasteiger partial charge in [0.05, 0.1) is 0 Å². The molecule has 0 aromatic rings. The van der Waals surface area contributed by atoms with Crippen molar-refractivity contribution in [2.24, 2.45) is 0 Å². The number of esters is 3. The predicted molar refractivity (Wildman–Crippen MR) is 334 cm³/mol. The molecular formula is C71H124O6. The first-order valence-electron chi connectivity index (χ1n) is 33.1. The average Bonchev–Trinajstić information content (AvgIpc) is 3.43. The molecule has 444 valence electrons. The molecule has 0 bridgehead atoms. The second-order valence-electron chi connectivity index (χ2n) is 22.0. The first-order valence-corrected chi connectivity index (χ1v) is 33.1. The number of allylic oxidation sites excluding steroid dienone is 14. The van der Waals surface area contributed by atoms with E-state index in [0.29, 0.717) is 19.3 Å². The molecule has 0 aliphatic rings. The summed E-state index contributed by atoms with van der Waals surface area (Å²) < 4.78 is 17.0. The number of unbranched alkanes of at least 4 members (excludes halogenated alkanes) is 35. The minimum atomic E-state index is -0.787. The van der Waals surface area contributed by atoms with Gasteiger partial charge in [0.1, 0.15) is 13.2 Å². The molecule has 0 aromatic heterocycles. The third-order valence-corrected chi connectivity index (χ3v) is 14.4. The highest BCUT2D eigenvalue weighted by molar-refractivity contribution is 5.71. The average molecular weight is 1070 g/mol. The summed E-state index contributed by atoms with van der Waals surface area (Å²) in [6.45, 7) is 6.53. The van der Waals surface area contributed by atoms with Crippen molar-refractivity contribution in [3.8, 4) is 0 Å². The van der Waals surface area contributed by atoms with Gasteiger partial charge >= 0.3 is 17.9 Å². The molecule has 1 unspecified atom stereocenters. The van der Waals surface area contributed by atoms with Crippen LogP contribution in [0.2, 0.25) is 0 Å². The van der Waals surface area contributed by atoms with Crippen LogP contribution in [0.4, 0.5) is 0 Å². The number of carbonyl (C=O) groups is 3. The summed E-state index contributed by atoms with van der Waals surface area (Å²) in [7, 11) is 0. The molecule has 0 radical (unpaired) electrons. The molecule has 0 spiro atoms. The lowest BCUT2D eigenvalue weighted by molar-refractivity contribution is -0.167. The van der Waals surface area contributed by atoms with E-state index in [1.54, 1.807) is 0 Å². The van der Waals surface area contributed by atoms with E-state index in [2.05, 4.69) is 106 Å². The quantitative estimate of drug-likeness (QED) is 0.0261. The zero-order valence-electron chi connectivity index (χ0n) is 51.0. The molecule has 0 heterocycles. The van der Waals surface area contributed by atoms with E-state index in [1.807, 2.05) is 0 Å². The van der Waals surface area contributed by atoms with E-state index in [-0.39, 0.29) is 31.1 Å². The standard InChI is InChI=1S/C71H124O6/c1-4-7-10-13-16-19-22-25-28-30-32-34-35-37-38-40-43-46-49-52-55-58-61-64-70(73)76-67-68(66-75-69(72)63-60-57-54-51-48-45-42-27-24-21-18-15-12-9-6-3)77-71(74)65-62-59-56-53-50-47-44-41-39-36-33-31-29-26-23-20-17-14-11-8-5-2/h8,11,17,20,22,25-27,29-30,32-33,36,42,68H,4-7,9-10,12-16,18-19,21,23-24,28,31,34-35,37-41,43-67H2,1-3H3/b11-8-,20-17-,25-22-,29-26-,32-30-,36-33-,42-27-. The van der Waals surface area contributed by atoms with Crippen molar-refractivity contribution in [3.63, 3.8) is 0 Å². The van der Waals surface area contributed by atoms with E-state index in [9.17, 15) is 14.4 Å². The molecule has 0 fully saturated rings. The lowest BCUT2D eigenvalue weighted by atomic mass is 10.0. The fraction of sp³-hybridized carbons (Fsp3) is 0.761. The lowest BCUT2D eigenvalue weighted by Crippen LogP contribution is -2.30. The Labute approximate surface area is 477 Å². The minimum absolute atomic E-state index is 0.0821. The van der Waals surface area contributed by atoms with Gasteiger partial charge in [-0.25, -0.2) is 0 Å². The lowest BCUT2D eigenvalue weighted by Gasteiger charge is -2.18. The van der Waals surface area contributed by atoms with Crippen LogP contribution in [0.15, 0.2) is 85.1 Å². The molecule has 0 rings (SSSR count). The monoisotopic (exact) mass is 1070 g/mol. The number of rotatable bonds is 60. The van der Waals surface area contributed by atoms with Crippen molar-refractivity contribution in [1.29, 1.82) is 0 Å². The molecular weight excluding hydrogens is 949 g/mol. The molecule has 6 heteroatoms. The maximum atomic E-state index is 12.9. The molecule has 0 aliphatic carbocycles. The molecule has 0 N–H and O–H groups in total. The number of hydrogen-bond donors (Lipinski definition) is 0. The number of hydrogen-bond acceptors (Lipinski definition) is 6. The number of ether oxygens (including phenoxy) is 3. The van der Waals surface area contributed by atoms with Crippen LogP contribution < -0.4 is 0 Å². The summed E-state index contributed by atoms with van der Waals surface area (Å²) in [4.78, 5) is 38.4. The number of carbonyl (C=O) groups excluding carboxylic acids is 3. The fourth-order valence-corrected chi connectivity index (χ4v) is 9.40. The zero-order chi connectivity index (χ0) is 55.7. The van der Waals surface area contributed by atoms with Crippen LogP contribution in [0, 0.1) is 0 Å². The second-order valence-corrected chi connectivity index (χ2v) is 22.0. The van der Waals surface area contributed by atoms with Gasteiger partial charge in [0.2, 0.25) is 0 Å². The Morgan fingerprint density at radius 2 is 0.506 bits per heavy atom.